The SMILES string of the molecule is CCCCCCCNC(=O)C[C@@H]1NC(=O)CN(Cc2ccc(-c3cc(OC)c(OC)c(OC)c3)cc2)C1=O. The molecule has 2 aromatic rings. The van der Waals surface area contributed by atoms with Crippen LogP contribution in [0.4, 0.5) is 0 Å². The van der Waals surface area contributed by atoms with Crippen LogP contribution in [0, 0.1) is 0 Å². The van der Waals surface area contributed by atoms with Crippen molar-refractivity contribution in [2.75, 3.05) is 34.4 Å². The van der Waals surface area contributed by atoms with Gasteiger partial charge in [-0.1, -0.05) is 56.9 Å². The van der Waals surface area contributed by atoms with E-state index < -0.39 is 6.04 Å². The Morgan fingerprint density at radius 1 is 0.947 bits per heavy atom. The minimum Gasteiger partial charge on any atom is -0.493 e. The van der Waals surface area contributed by atoms with Gasteiger partial charge in [0, 0.05) is 13.1 Å². The third-order valence-corrected chi connectivity index (χ3v) is 6.60. The Bertz CT molecular complexity index is 1080. The van der Waals surface area contributed by atoms with Gasteiger partial charge >= 0.3 is 0 Å². The highest BCUT2D eigenvalue weighted by molar-refractivity contribution is 5.97. The number of hydrogen-bond acceptors (Lipinski definition) is 6. The van der Waals surface area contributed by atoms with E-state index in [9.17, 15) is 14.4 Å². The van der Waals surface area contributed by atoms with Crippen LogP contribution in [-0.2, 0) is 20.9 Å². The summed E-state index contributed by atoms with van der Waals surface area (Å²) in [5.74, 6) is 0.889. The highest BCUT2D eigenvalue weighted by Gasteiger charge is 2.34. The maximum absolute atomic E-state index is 13.0. The predicted octanol–water partition coefficient (Wildman–Crippen LogP) is 3.68. The molecule has 9 nitrogen and oxygen atoms in total. The topological polar surface area (TPSA) is 106 Å². The van der Waals surface area contributed by atoms with Crippen LogP contribution in [0.25, 0.3) is 11.1 Å². The van der Waals surface area contributed by atoms with E-state index in [-0.39, 0.29) is 37.2 Å². The van der Waals surface area contributed by atoms with E-state index in [4.69, 9.17) is 14.2 Å². The third kappa shape index (κ3) is 7.63. The van der Waals surface area contributed by atoms with Gasteiger partial charge in [0.05, 0.1) is 34.3 Å². The van der Waals surface area contributed by atoms with E-state index in [1.807, 2.05) is 36.4 Å². The molecule has 3 amide bonds. The third-order valence-electron chi connectivity index (χ3n) is 6.60. The molecule has 1 heterocycles. The van der Waals surface area contributed by atoms with Crippen molar-refractivity contribution in [1.29, 1.82) is 0 Å². The molecule has 0 aromatic heterocycles. The second-order valence-electron chi connectivity index (χ2n) is 9.39. The van der Waals surface area contributed by atoms with Crippen molar-refractivity contribution in [2.45, 2.75) is 58.0 Å². The van der Waals surface area contributed by atoms with Crippen LogP contribution in [0.15, 0.2) is 36.4 Å². The second-order valence-corrected chi connectivity index (χ2v) is 9.39. The Balaban J connectivity index is 1.61. The summed E-state index contributed by atoms with van der Waals surface area (Å²) < 4.78 is 16.3. The molecule has 0 unspecified atom stereocenters. The lowest BCUT2D eigenvalue weighted by Gasteiger charge is -2.32. The van der Waals surface area contributed by atoms with Crippen molar-refractivity contribution in [2.24, 2.45) is 0 Å². The molecule has 1 aliphatic heterocycles. The lowest BCUT2D eigenvalue weighted by molar-refractivity contribution is -0.146. The van der Waals surface area contributed by atoms with Gasteiger partial charge in [0.2, 0.25) is 23.5 Å². The van der Waals surface area contributed by atoms with Gasteiger partial charge in [0.1, 0.15) is 6.04 Å². The number of nitrogens with zero attached hydrogens (tertiary/aromatic N) is 1. The molecule has 1 fully saturated rings. The van der Waals surface area contributed by atoms with Crippen LogP contribution in [0.3, 0.4) is 0 Å². The number of unbranched alkanes of at least 4 members (excludes halogenated alkanes) is 4. The minimum absolute atomic E-state index is 0.0387. The summed E-state index contributed by atoms with van der Waals surface area (Å²) in [6.07, 6.45) is 5.44. The number of ether oxygens (including phenoxy) is 3. The Morgan fingerprint density at radius 3 is 2.21 bits per heavy atom. The monoisotopic (exact) mass is 525 g/mol. The number of benzene rings is 2. The van der Waals surface area contributed by atoms with Gasteiger partial charge in [0.25, 0.3) is 0 Å². The Kier molecular flexibility index (Phi) is 10.8. The molecule has 3 rings (SSSR count). The predicted molar refractivity (Wildman–Crippen MR) is 145 cm³/mol. The second kappa shape index (κ2) is 14.3. The van der Waals surface area contributed by atoms with Crippen LogP contribution in [0.5, 0.6) is 17.2 Å². The lowest BCUT2D eigenvalue weighted by atomic mass is 10.0. The Labute approximate surface area is 224 Å². The quantitative estimate of drug-likeness (QED) is 0.365. The van der Waals surface area contributed by atoms with Gasteiger partial charge in [-0.2, -0.15) is 0 Å². The summed E-state index contributed by atoms with van der Waals surface area (Å²) in [7, 11) is 4.70. The van der Waals surface area contributed by atoms with Gasteiger partial charge in [-0.3, -0.25) is 14.4 Å². The fraction of sp³-hybridized carbons (Fsp3) is 0.483. The first-order valence-electron chi connectivity index (χ1n) is 13.1. The molecular formula is C29H39N3O6. The van der Waals surface area contributed by atoms with Gasteiger partial charge in [0.15, 0.2) is 11.5 Å². The van der Waals surface area contributed by atoms with Gasteiger partial charge < -0.3 is 29.7 Å². The zero-order chi connectivity index (χ0) is 27.5. The maximum Gasteiger partial charge on any atom is 0.246 e. The molecule has 1 aliphatic rings. The van der Waals surface area contributed by atoms with E-state index in [0.717, 1.165) is 36.0 Å². The average Bonchev–Trinajstić information content (AvgIpc) is 2.92. The number of amides is 3. The molecule has 0 bridgehead atoms. The number of methoxy groups -OCH3 is 3. The standard InChI is InChI=1S/C29H39N3O6/c1-5-6-7-8-9-14-30-26(33)17-23-29(35)32(19-27(34)31-23)18-20-10-12-21(13-11-20)22-15-24(36-2)28(38-4)25(16-22)37-3/h10-13,15-16,23H,5-9,14,17-19H2,1-4H3,(H,30,33)(H,31,34)/t23-/m0/s1. The fourth-order valence-corrected chi connectivity index (χ4v) is 4.53. The van der Waals surface area contributed by atoms with E-state index >= 15 is 0 Å². The number of carbonyl (C=O) groups is 3. The first kappa shape index (κ1) is 28.8. The molecule has 9 heteroatoms. The fourth-order valence-electron chi connectivity index (χ4n) is 4.53. The summed E-state index contributed by atoms with van der Waals surface area (Å²) in [6.45, 7) is 2.98. The van der Waals surface area contributed by atoms with Crippen LogP contribution in [0.1, 0.15) is 51.0 Å². The molecule has 0 radical (unpaired) electrons. The minimum atomic E-state index is -0.852. The van der Waals surface area contributed by atoms with Crippen molar-refractivity contribution in [3.8, 4) is 28.4 Å². The zero-order valence-corrected chi connectivity index (χ0v) is 22.8. The Morgan fingerprint density at radius 2 is 1.61 bits per heavy atom. The number of hydrogen-bond donors (Lipinski definition) is 2. The summed E-state index contributed by atoms with van der Waals surface area (Å²) in [6, 6.07) is 10.6. The first-order valence-corrected chi connectivity index (χ1v) is 13.1. The van der Waals surface area contributed by atoms with Crippen molar-refractivity contribution in [1.82, 2.24) is 15.5 Å². The van der Waals surface area contributed by atoms with E-state index in [0.29, 0.717) is 23.8 Å². The van der Waals surface area contributed by atoms with Crippen molar-refractivity contribution in [3.05, 3.63) is 42.0 Å². The molecule has 2 N–H and O–H groups in total. The summed E-state index contributed by atoms with van der Waals surface area (Å²) >= 11 is 0. The molecular weight excluding hydrogens is 486 g/mol. The number of piperazine rings is 1. The highest BCUT2D eigenvalue weighted by atomic mass is 16.5. The van der Waals surface area contributed by atoms with E-state index in [1.54, 1.807) is 21.3 Å². The van der Waals surface area contributed by atoms with Crippen molar-refractivity contribution < 1.29 is 28.6 Å². The van der Waals surface area contributed by atoms with Gasteiger partial charge in [-0.05, 0) is 35.2 Å². The molecule has 0 aliphatic carbocycles. The van der Waals surface area contributed by atoms with Crippen LogP contribution in [0.2, 0.25) is 0 Å². The zero-order valence-electron chi connectivity index (χ0n) is 22.8. The summed E-state index contributed by atoms with van der Waals surface area (Å²) in [5.41, 5.74) is 2.69. The smallest absolute Gasteiger partial charge is 0.246 e. The van der Waals surface area contributed by atoms with E-state index in [2.05, 4.69) is 17.6 Å². The molecule has 1 saturated heterocycles. The molecule has 2 aromatic carbocycles. The number of carbonyl (C=O) groups excluding carboxylic acids is 3. The molecule has 1 atom stereocenters. The van der Waals surface area contributed by atoms with E-state index in [1.165, 1.54) is 17.7 Å². The van der Waals surface area contributed by atoms with Crippen LogP contribution in [-0.4, -0.2) is 63.1 Å². The van der Waals surface area contributed by atoms with Crippen molar-refractivity contribution >= 4 is 17.7 Å². The van der Waals surface area contributed by atoms with Gasteiger partial charge in [-0.15, -0.1) is 0 Å². The van der Waals surface area contributed by atoms with Crippen LogP contribution >= 0.6 is 0 Å². The maximum atomic E-state index is 13.0. The number of nitrogens with one attached hydrogen (secondary N) is 2. The summed E-state index contributed by atoms with van der Waals surface area (Å²) in [5, 5.41) is 5.53. The summed E-state index contributed by atoms with van der Waals surface area (Å²) in [4.78, 5) is 39.2. The normalized spacial score (nSPS) is 15.2. The average molecular weight is 526 g/mol. The van der Waals surface area contributed by atoms with Gasteiger partial charge in [-0.25, -0.2) is 0 Å². The molecule has 0 spiro atoms. The number of rotatable bonds is 14. The largest absolute Gasteiger partial charge is 0.493 e. The highest BCUT2D eigenvalue weighted by Crippen LogP contribution is 2.41. The van der Waals surface area contributed by atoms with Crippen molar-refractivity contribution in [3.63, 3.8) is 0 Å². The molecule has 38 heavy (non-hydrogen) atoms. The Hall–Kier alpha value is -3.75. The molecule has 0 saturated carbocycles. The van der Waals surface area contributed by atoms with Crippen LogP contribution < -0.4 is 24.8 Å². The lowest BCUT2D eigenvalue weighted by Crippen LogP contribution is -2.58. The molecule has 206 valence electrons. The first-order chi connectivity index (χ1) is 18.4.